The van der Waals surface area contributed by atoms with Crippen LogP contribution in [0.3, 0.4) is 0 Å². The minimum atomic E-state index is -3.12. The van der Waals surface area contributed by atoms with Gasteiger partial charge in [0.25, 0.3) is 5.91 Å². The number of hydrogen-bond donors (Lipinski definition) is 0. The van der Waals surface area contributed by atoms with Gasteiger partial charge in [-0.3, -0.25) is 4.79 Å². The molecule has 7 heteroatoms. The molecule has 1 atom stereocenters. The summed E-state index contributed by atoms with van der Waals surface area (Å²) in [7, 11) is -3.12. The first-order chi connectivity index (χ1) is 15.1. The second-order valence-corrected chi connectivity index (χ2v) is 11.4. The summed E-state index contributed by atoms with van der Waals surface area (Å²) in [6, 6.07) is 14.9. The lowest BCUT2D eigenvalue weighted by Gasteiger charge is -2.28. The maximum Gasteiger partial charge on any atom is 0.261 e. The van der Waals surface area contributed by atoms with Crippen LogP contribution in [0.2, 0.25) is 0 Å². The van der Waals surface area contributed by atoms with Gasteiger partial charge < -0.3 is 14.4 Å². The molecule has 1 fully saturated rings. The molecule has 0 spiro atoms. The molecule has 0 aliphatic carbocycles. The van der Waals surface area contributed by atoms with E-state index in [2.05, 4.69) is 20.8 Å². The minimum absolute atomic E-state index is 0.00392. The molecule has 1 saturated heterocycles. The van der Waals surface area contributed by atoms with Crippen molar-refractivity contribution in [2.75, 3.05) is 24.7 Å². The van der Waals surface area contributed by atoms with E-state index in [-0.39, 0.29) is 35.5 Å². The van der Waals surface area contributed by atoms with Crippen molar-refractivity contribution in [3.63, 3.8) is 0 Å². The van der Waals surface area contributed by atoms with E-state index in [1.165, 1.54) is 5.56 Å². The Kier molecular flexibility index (Phi) is 7.49. The fraction of sp³-hybridized carbons (Fsp3) is 0.480. The first-order valence-electron chi connectivity index (χ1n) is 11.0. The van der Waals surface area contributed by atoms with Crippen LogP contribution in [0, 0.1) is 0 Å². The Balaban J connectivity index is 1.70. The van der Waals surface area contributed by atoms with Gasteiger partial charge in [-0.25, -0.2) is 8.42 Å². The van der Waals surface area contributed by atoms with Gasteiger partial charge in [-0.1, -0.05) is 45.0 Å². The van der Waals surface area contributed by atoms with Gasteiger partial charge in [-0.05, 0) is 54.2 Å². The van der Waals surface area contributed by atoms with Crippen LogP contribution in [0.15, 0.2) is 48.5 Å². The lowest BCUT2D eigenvalue weighted by atomic mass is 9.87. The molecule has 174 valence electrons. The smallest absolute Gasteiger partial charge is 0.261 e. The quantitative estimate of drug-likeness (QED) is 0.597. The van der Waals surface area contributed by atoms with Crippen LogP contribution in [0.1, 0.15) is 45.2 Å². The fourth-order valence-corrected chi connectivity index (χ4v) is 5.51. The molecule has 6 nitrogen and oxygen atoms in total. The van der Waals surface area contributed by atoms with Crippen LogP contribution >= 0.6 is 0 Å². The van der Waals surface area contributed by atoms with Crippen LogP contribution < -0.4 is 9.47 Å². The Morgan fingerprint density at radius 2 is 1.59 bits per heavy atom. The first-order valence-corrected chi connectivity index (χ1v) is 12.8. The standard InChI is InChI=1S/C25H33NO5S/c1-5-30-22-10-6-19(7-11-22)16-26(21-14-15-32(28,29)18-21)24(27)17-31-23-12-8-20(9-13-23)25(2,3)4/h6-13,21H,5,14-18H2,1-4H3. The summed E-state index contributed by atoms with van der Waals surface area (Å²) in [5.41, 5.74) is 2.14. The Morgan fingerprint density at radius 1 is 1.00 bits per heavy atom. The van der Waals surface area contributed by atoms with Gasteiger partial charge in [0.1, 0.15) is 11.5 Å². The maximum absolute atomic E-state index is 13.1. The minimum Gasteiger partial charge on any atom is -0.494 e. The number of carbonyl (C=O) groups is 1. The number of nitrogens with zero attached hydrogens (tertiary/aromatic N) is 1. The predicted molar refractivity (Wildman–Crippen MR) is 126 cm³/mol. The lowest BCUT2D eigenvalue weighted by molar-refractivity contribution is -0.136. The SMILES string of the molecule is CCOc1ccc(CN(C(=O)COc2ccc(C(C)(C)C)cc2)C2CCS(=O)(=O)C2)cc1. The maximum atomic E-state index is 13.1. The van der Waals surface area contributed by atoms with E-state index in [1.807, 2.05) is 55.5 Å². The molecule has 0 N–H and O–H groups in total. The summed E-state index contributed by atoms with van der Waals surface area (Å²) < 4.78 is 35.3. The van der Waals surface area contributed by atoms with Crippen molar-refractivity contribution in [1.29, 1.82) is 0 Å². The number of carbonyl (C=O) groups excluding carboxylic acids is 1. The van der Waals surface area contributed by atoms with Crippen molar-refractivity contribution in [2.45, 2.75) is 52.1 Å². The highest BCUT2D eigenvalue weighted by molar-refractivity contribution is 7.91. The molecule has 32 heavy (non-hydrogen) atoms. The second kappa shape index (κ2) is 9.94. The van der Waals surface area contributed by atoms with Gasteiger partial charge in [0, 0.05) is 12.6 Å². The normalized spacial score (nSPS) is 17.7. The second-order valence-electron chi connectivity index (χ2n) is 9.22. The third-order valence-electron chi connectivity index (χ3n) is 5.64. The molecule has 1 aliphatic heterocycles. The number of rotatable bonds is 8. The van der Waals surface area contributed by atoms with E-state index >= 15 is 0 Å². The molecule has 3 rings (SSSR count). The molecule has 0 bridgehead atoms. The molecule has 0 aromatic heterocycles. The number of sulfone groups is 1. The van der Waals surface area contributed by atoms with Crippen molar-refractivity contribution in [1.82, 2.24) is 4.90 Å². The summed E-state index contributed by atoms with van der Waals surface area (Å²) in [5, 5.41) is 0. The molecule has 1 unspecified atom stereocenters. The van der Waals surface area contributed by atoms with Crippen LogP contribution in [0.5, 0.6) is 11.5 Å². The molecular weight excluding hydrogens is 426 g/mol. The van der Waals surface area contributed by atoms with Gasteiger partial charge in [0.2, 0.25) is 0 Å². The van der Waals surface area contributed by atoms with Crippen molar-refractivity contribution in [3.05, 3.63) is 59.7 Å². The van der Waals surface area contributed by atoms with E-state index < -0.39 is 9.84 Å². The van der Waals surface area contributed by atoms with Crippen molar-refractivity contribution < 1.29 is 22.7 Å². The first kappa shape index (κ1) is 24.1. The Bertz CT molecular complexity index is 1010. The zero-order chi connectivity index (χ0) is 23.4. The van der Waals surface area contributed by atoms with E-state index in [1.54, 1.807) is 4.90 Å². The molecular formula is C25H33NO5S. The predicted octanol–water partition coefficient (Wildman–Crippen LogP) is 3.98. The summed E-state index contributed by atoms with van der Waals surface area (Å²) in [6.45, 7) is 9.12. The Hall–Kier alpha value is -2.54. The van der Waals surface area contributed by atoms with E-state index in [9.17, 15) is 13.2 Å². The van der Waals surface area contributed by atoms with Gasteiger partial charge >= 0.3 is 0 Å². The summed E-state index contributed by atoms with van der Waals surface area (Å²) in [5.74, 6) is 1.27. The van der Waals surface area contributed by atoms with E-state index in [0.29, 0.717) is 25.3 Å². The summed E-state index contributed by atoms with van der Waals surface area (Å²) in [4.78, 5) is 14.7. The Morgan fingerprint density at radius 3 is 2.12 bits per heavy atom. The molecule has 2 aromatic rings. The average molecular weight is 460 g/mol. The fourth-order valence-electron chi connectivity index (χ4n) is 3.78. The lowest BCUT2D eigenvalue weighted by Crippen LogP contribution is -2.43. The molecule has 0 saturated carbocycles. The van der Waals surface area contributed by atoms with Gasteiger partial charge in [-0.15, -0.1) is 0 Å². The largest absolute Gasteiger partial charge is 0.494 e. The summed E-state index contributed by atoms with van der Waals surface area (Å²) in [6.07, 6.45) is 0.450. The van der Waals surface area contributed by atoms with Crippen LogP contribution in [-0.4, -0.2) is 50.0 Å². The molecule has 1 heterocycles. The molecule has 2 aromatic carbocycles. The number of hydrogen-bond acceptors (Lipinski definition) is 5. The van der Waals surface area contributed by atoms with Gasteiger partial charge in [-0.2, -0.15) is 0 Å². The monoisotopic (exact) mass is 459 g/mol. The number of amides is 1. The van der Waals surface area contributed by atoms with Crippen molar-refractivity contribution >= 4 is 15.7 Å². The third-order valence-corrected chi connectivity index (χ3v) is 7.39. The van der Waals surface area contributed by atoms with Crippen LogP contribution in [-0.2, 0) is 26.6 Å². The highest BCUT2D eigenvalue weighted by Gasteiger charge is 2.34. The van der Waals surface area contributed by atoms with Crippen LogP contribution in [0.25, 0.3) is 0 Å². The van der Waals surface area contributed by atoms with Crippen molar-refractivity contribution in [2.24, 2.45) is 0 Å². The van der Waals surface area contributed by atoms with Gasteiger partial charge in [0.05, 0.1) is 18.1 Å². The van der Waals surface area contributed by atoms with E-state index in [4.69, 9.17) is 9.47 Å². The summed E-state index contributed by atoms with van der Waals surface area (Å²) >= 11 is 0. The number of ether oxygens (including phenoxy) is 2. The topological polar surface area (TPSA) is 72.9 Å². The molecule has 1 aliphatic rings. The van der Waals surface area contributed by atoms with E-state index in [0.717, 1.165) is 11.3 Å². The van der Waals surface area contributed by atoms with Gasteiger partial charge in [0.15, 0.2) is 16.4 Å². The zero-order valence-corrected chi connectivity index (χ0v) is 20.2. The highest BCUT2D eigenvalue weighted by atomic mass is 32.2. The average Bonchev–Trinajstić information content (AvgIpc) is 3.10. The third kappa shape index (κ3) is 6.48. The van der Waals surface area contributed by atoms with Crippen molar-refractivity contribution in [3.8, 4) is 11.5 Å². The molecule has 1 amide bonds. The Labute approximate surface area is 191 Å². The molecule has 0 radical (unpaired) electrons. The zero-order valence-electron chi connectivity index (χ0n) is 19.3. The highest BCUT2D eigenvalue weighted by Crippen LogP contribution is 2.25. The van der Waals surface area contributed by atoms with Crippen LogP contribution in [0.4, 0.5) is 0 Å². The number of benzene rings is 2.